The maximum absolute atomic E-state index is 11.4. The first-order chi connectivity index (χ1) is 8.25. The molecule has 17 heavy (non-hydrogen) atoms. The number of aromatic amines is 2. The van der Waals surface area contributed by atoms with Gasteiger partial charge in [-0.15, -0.1) is 0 Å². The van der Waals surface area contributed by atoms with Gasteiger partial charge in [-0.3, -0.25) is 10.1 Å². The van der Waals surface area contributed by atoms with Gasteiger partial charge in [-0.25, -0.2) is 4.79 Å². The van der Waals surface area contributed by atoms with Crippen LogP contribution in [0, 0.1) is 0 Å². The summed E-state index contributed by atoms with van der Waals surface area (Å²) in [6, 6.07) is 9.38. The van der Waals surface area contributed by atoms with Crippen molar-refractivity contribution in [1.82, 2.24) is 20.2 Å². The molecule has 0 fully saturated rings. The van der Waals surface area contributed by atoms with Crippen LogP contribution < -0.4 is 11.4 Å². The normalized spacial score (nSPS) is 10.8. The third-order valence-corrected chi connectivity index (χ3v) is 2.52. The van der Waals surface area contributed by atoms with E-state index >= 15 is 0 Å². The minimum absolute atomic E-state index is 0.391. The molecular formula is C11H9N5O. The molecule has 0 bridgehead atoms. The quantitative estimate of drug-likeness (QED) is 0.574. The van der Waals surface area contributed by atoms with Gasteiger partial charge in [0.15, 0.2) is 5.65 Å². The lowest BCUT2D eigenvalue weighted by atomic mass is 10.1. The van der Waals surface area contributed by atoms with Gasteiger partial charge in [0, 0.05) is 5.56 Å². The summed E-state index contributed by atoms with van der Waals surface area (Å²) in [6.07, 6.45) is 0. The van der Waals surface area contributed by atoms with Gasteiger partial charge in [-0.2, -0.15) is 10.1 Å². The molecule has 2 aromatic heterocycles. The molecule has 0 saturated heterocycles. The number of aromatic nitrogens is 4. The van der Waals surface area contributed by atoms with E-state index in [1.165, 1.54) is 0 Å². The van der Waals surface area contributed by atoms with Gasteiger partial charge in [-0.1, -0.05) is 30.3 Å². The van der Waals surface area contributed by atoms with Gasteiger partial charge in [-0.05, 0) is 0 Å². The Labute approximate surface area is 95.5 Å². The molecule has 0 radical (unpaired) electrons. The molecule has 0 aliphatic carbocycles. The third-order valence-electron chi connectivity index (χ3n) is 2.52. The number of H-pyrrole nitrogens is 2. The van der Waals surface area contributed by atoms with Crippen molar-refractivity contribution < 1.29 is 0 Å². The fourth-order valence-electron chi connectivity index (χ4n) is 1.78. The number of nitrogens with zero attached hydrogens (tertiary/aromatic N) is 2. The summed E-state index contributed by atoms with van der Waals surface area (Å²) in [7, 11) is 0. The molecular weight excluding hydrogens is 218 g/mol. The second-order valence-corrected chi connectivity index (χ2v) is 3.62. The Hall–Kier alpha value is -2.63. The molecule has 0 spiro atoms. The minimum atomic E-state index is -0.442. The van der Waals surface area contributed by atoms with Crippen molar-refractivity contribution in [2.75, 3.05) is 5.73 Å². The molecule has 0 aliphatic heterocycles. The Kier molecular flexibility index (Phi) is 1.94. The second-order valence-electron chi connectivity index (χ2n) is 3.62. The van der Waals surface area contributed by atoms with Crippen LogP contribution in [0.3, 0.4) is 0 Å². The molecule has 6 heteroatoms. The number of nitrogens with two attached hydrogens (primary N) is 1. The van der Waals surface area contributed by atoms with Crippen LogP contribution in [-0.4, -0.2) is 20.2 Å². The van der Waals surface area contributed by atoms with E-state index in [1.54, 1.807) is 0 Å². The van der Waals surface area contributed by atoms with Crippen molar-refractivity contribution in [3.8, 4) is 11.3 Å². The first-order valence-corrected chi connectivity index (χ1v) is 5.05. The highest BCUT2D eigenvalue weighted by molar-refractivity contribution is 5.97. The van der Waals surface area contributed by atoms with Crippen LogP contribution in [0.2, 0.25) is 0 Å². The highest BCUT2D eigenvalue weighted by Gasteiger charge is 2.12. The lowest BCUT2D eigenvalue weighted by molar-refractivity contribution is 1.06. The van der Waals surface area contributed by atoms with Crippen molar-refractivity contribution in [2.24, 2.45) is 0 Å². The Morgan fingerprint density at radius 3 is 2.71 bits per heavy atom. The van der Waals surface area contributed by atoms with Crippen LogP contribution >= 0.6 is 0 Å². The maximum atomic E-state index is 11.4. The number of fused-ring (bicyclic) bond motifs is 1. The monoisotopic (exact) mass is 227 g/mol. The van der Waals surface area contributed by atoms with Crippen molar-refractivity contribution in [3.05, 3.63) is 40.8 Å². The van der Waals surface area contributed by atoms with Gasteiger partial charge < -0.3 is 5.73 Å². The standard InChI is InChI=1S/C11H9N5O/c12-9-7-8(6-4-2-1-3-5-6)13-11(17)14-10(7)16-15-9/h1-5H,(H4,12,13,14,15,16,17). The zero-order chi connectivity index (χ0) is 11.8. The molecule has 3 aromatic rings. The molecule has 3 rings (SSSR count). The number of nitrogen functional groups attached to an aromatic ring is 1. The summed E-state index contributed by atoms with van der Waals surface area (Å²) in [5.74, 6) is 0.391. The largest absolute Gasteiger partial charge is 0.383 e. The van der Waals surface area contributed by atoms with Gasteiger partial charge in [0.1, 0.15) is 5.82 Å². The van der Waals surface area contributed by atoms with E-state index in [4.69, 9.17) is 5.73 Å². The topological polar surface area (TPSA) is 100 Å². The molecule has 0 aliphatic rings. The van der Waals surface area contributed by atoms with Gasteiger partial charge in [0.25, 0.3) is 0 Å². The molecule has 0 amide bonds. The van der Waals surface area contributed by atoms with E-state index in [-0.39, 0.29) is 0 Å². The Bertz CT molecular complexity index is 728. The molecule has 1 aromatic carbocycles. The summed E-state index contributed by atoms with van der Waals surface area (Å²) >= 11 is 0. The molecule has 0 saturated carbocycles. The number of nitrogens with one attached hydrogen (secondary N) is 2. The van der Waals surface area contributed by atoms with Crippen LogP contribution in [-0.2, 0) is 0 Å². The highest BCUT2D eigenvalue weighted by Crippen LogP contribution is 2.26. The average Bonchev–Trinajstić information content (AvgIpc) is 2.71. The first kappa shape index (κ1) is 9.59. The SMILES string of the molecule is Nc1[nH]nc2[nH]c(=O)nc(-c3ccccc3)c12. The van der Waals surface area contributed by atoms with Crippen LogP contribution in [0.5, 0.6) is 0 Å². The number of hydrogen-bond donors (Lipinski definition) is 3. The van der Waals surface area contributed by atoms with E-state index in [2.05, 4.69) is 20.2 Å². The second kappa shape index (κ2) is 3.44. The van der Waals surface area contributed by atoms with Crippen molar-refractivity contribution in [1.29, 1.82) is 0 Å². The Morgan fingerprint density at radius 1 is 1.18 bits per heavy atom. The molecule has 0 unspecified atom stereocenters. The predicted molar refractivity (Wildman–Crippen MR) is 64.4 cm³/mol. The van der Waals surface area contributed by atoms with Crippen molar-refractivity contribution >= 4 is 16.9 Å². The fourth-order valence-corrected chi connectivity index (χ4v) is 1.78. The fraction of sp³-hybridized carbons (Fsp3) is 0. The smallest absolute Gasteiger partial charge is 0.347 e. The first-order valence-electron chi connectivity index (χ1n) is 5.05. The number of hydrogen-bond acceptors (Lipinski definition) is 4. The maximum Gasteiger partial charge on any atom is 0.347 e. The zero-order valence-corrected chi connectivity index (χ0v) is 8.77. The minimum Gasteiger partial charge on any atom is -0.383 e. The van der Waals surface area contributed by atoms with Crippen LogP contribution in [0.25, 0.3) is 22.3 Å². The van der Waals surface area contributed by atoms with Crippen molar-refractivity contribution in [3.63, 3.8) is 0 Å². The Balaban J connectivity index is 2.43. The van der Waals surface area contributed by atoms with E-state index in [1.807, 2.05) is 30.3 Å². The average molecular weight is 227 g/mol. The highest BCUT2D eigenvalue weighted by atomic mass is 16.1. The van der Waals surface area contributed by atoms with E-state index in [0.29, 0.717) is 22.5 Å². The number of rotatable bonds is 1. The van der Waals surface area contributed by atoms with Crippen LogP contribution in [0.4, 0.5) is 5.82 Å². The molecule has 6 nitrogen and oxygen atoms in total. The summed E-state index contributed by atoms with van der Waals surface area (Å²) in [4.78, 5) is 17.9. The molecule has 4 N–H and O–H groups in total. The van der Waals surface area contributed by atoms with Crippen LogP contribution in [0.15, 0.2) is 35.1 Å². The molecule has 84 valence electrons. The van der Waals surface area contributed by atoms with E-state index in [9.17, 15) is 4.79 Å². The third kappa shape index (κ3) is 1.46. The van der Waals surface area contributed by atoms with Gasteiger partial charge in [0.2, 0.25) is 0 Å². The van der Waals surface area contributed by atoms with E-state index < -0.39 is 5.69 Å². The summed E-state index contributed by atoms with van der Waals surface area (Å²) in [5, 5.41) is 7.19. The summed E-state index contributed by atoms with van der Waals surface area (Å²) in [6.45, 7) is 0. The molecule has 2 heterocycles. The predicted octanol–water partition coefficient (Wildman–Crippen LogP) is 0.895. The van der Waals surface area contributed by atoms with Crippen molar-refractivity contribution in [2.45, 2.75) is 0 Å². The van der Waals surface area contributed by atoms with Crippen LogP contribution in [0.1, 0.15) is 0 Å². The zero-order valence-electron chi connectivity index (χ0n) is 8.77. The molecule has 0 atom stereocenters. The summed E-state index contributed by atoms with van der Waals surface area (Å²) < 4.78 is 0. The number of anilines is 1. The lowest BCUT2D eigenvalue weighted by Gasteiger charge is -2.01. The lowest BCUT2D eigenvalue weighted by Crippen LogP contribution is -2.11. The van der Waals surface area contributed by atoms with Gasteiger partial charge >= 0.3 is 5.69 Å². The number of benzene rings is 1. The van der Waals surface area contributed by atoms with E-state index in [0.717, 1.165) is 5.56 Å². The van der Waals surface area contributed by atoms with Gasteiger partial charge in [0.05, 0.1) is 11.1 Å². The Morgan fingerprint density at radius 2 is 1.94 bits per heavy atom. The summed E-state index contributed by atoms with van der Waals surface area (Å²) in [5.41, 5.74) is 7.13.